The number of nitrogens with one attached hydrogen (secondary N) is 1. The summed E-state index contributed by atoms with van der Waals surface area (Å²) in [6.07, 6.45) is 2.62. The average molecular weight is 253 g/mol. The summed E-state index contributed by atoms with van der Waals surface area (Å²) >= 11 is 0. The van der Waals surface area contributed by atoms with Crippen LogP contribution in [0.4, 0.5) is 0 Å². The molecule has 0 unspecified atom stereocenters. The lowest BCUT2D eigenvalue weighted by molar-refractivity contribution is 0.346. The lowest BCUT2D eigenvalue weighted by Gasteiger charge is -2.23. The van der Waals surface area contributed by atoms with Gasteiger partial charge in [-0.3, -0.25) is 0 Å². The van der Waals surface area contributed by atoms with Gasteiger partial charge < -0.3 is 5.32 Å². The van der Waals surface area contributed by atoms with Crippen molar-refractivity contribution in [3.63, 3.8) is 0 Å². The van der Waals surface area contributed by atoms with Crippen molar-refractivity contribution in [2.45, 2.75) is 74.3 Å². The van der Waals surface area contributed by atoms with E-state index in [1.54, 1.807) is 0 Å². The van der Waals surface area contributed by atoms with E-state index in [4.69, 9.17) is 0 Å². The summed E-state index contributed by atoms with van der Waals surface area (Å²) in [5, 5.41) is 3.86. The Balaban J connectivity index is 2.43. The van der Waals surface area contributed by atoms with Gasteiger partial charge in [-0.15, -0.1) is 0 Å². The Hall–Kier alpha value is -0.0400. The molecule has 0 bridgehead atoms. The smallest absolute Gasteiger partial charge is 0.00720 e. The number of hydrogen-bond donors (Lipinski definition) is 1. The van der Waals surface area contributed by atoms with Crippen LogP contribution >= 0.6 is 0 Å². The maximum absolute atomic E-state index is 3.86. The van der Waals surface area contributed by atoms with Crippen molar-refractivity contribution in [1.29, 1.82) is 0 Å². The van der Waals surface area contributed by atoms with Gasteiger partial charge in [0.25, 0.3) is 0 Å². The Labute approximate surface area is 115 Å². The van der Waals surface area contributed by atoms with Gasteiger partial charge in [0.2, 0.25) is 0 Å². The highest BCUT2D eigenvalue weighted by Gasteiger charge is 2.63. The van der Waals surface area contributed by atoms with Gasteiger partial charge in [0.1, 0.15) is 0 Å². The number of hydrogen-bond acceptors (Lipinski definition) is 1. The second kappa shape index (κ2) is 5.53. The summed E-state index contributed by atoms with van der Waals surface area (Å²) in [4.78, 5) is 0. The van der Waals surface area contributed by atoms with Gasteiger partial charge in [-0.2, -0.15) is 0 Å². The van der Waals surface area contributed by atoms with Crippen molar-refractivity contribution in [2.75, 3.05) is 6.54 Å². The fourth-order valence-electron chi connectivity index (χ4n) is 3.53. The minimum absolute atomic E-state index is 0.514. The highest BCUT2D eigenvalue weighted by atomic mass is 14.9. The van der Waals surface area contributed by atoms with Crippen LogP contribution in [-0.2, 0) is 0 Å². The van der Waals surface area contributed by atoms with Crippen LogP contribution in [0.1, 0.15) is 68.2 Å². The minimum Gasteiger partial charge on any atom is -0.314 e. The van der Waals surface area contributed by atoms with Crippen LogP contribution in [0.2, 0.25) is 0 Å². The summed E-state index contributed by atoms with van der Waals surface area (Å²) in [5.74, 6) is 2.43. The third-order valence-corrected chi connectivity index (χ3v) is 5.44. The van der Waals surface area contributed by atoms with E-state index < -0.39 is 0 Å². The summed E-state index contributed by atoms with van der Waals surface area (Å²) in [5.41, 5.74) is 1.03. The van der Waals surface area contributed by atoms with Crippen LogP contribution in [-0.4, -0.2) is 12.6 Å². The molecule has 0 aromatic carbocycles. The molecule has 1 N–H and O–H groups in total. The molecule has 0 aromatic rings. The van der Waals surface area contributed by atoms with E-state index >= 15 is 0 Å². The maximum Gasteiger partial charge on any atom is 0.00720 e. The van der Waals surface area contributed by atoms with Crippen LogP contribution in [0.15, 0.2) is 0 Å². The third kappa shape index (κ3) is 3.50. The molecular weight excluding hydrogens is 218 g/mol. The molecule has 1 aliphatic carbocycles. The maximum atomic E-state index is 3.86. The fourth-order valence-corrected chi connectivity index (χ4v) is 3.53. The van der Waals surface area contributed by atoms with Crippen LogP contribution in [0.3, 0.4) is 0 Å². The zero-order valence-electron chi connectivity index (χ0n) is 13.9. The average Bonchev–Trinajstić information content (AvgIpc) is 2.52. The molecular formula is C17H35N. The normalized spacial score (nSPS) is 22.2. The van der Waals surface area contributed by atoms with E-state index in [-0.39, 0.29) is 0 Å². The molecule has 1 rings (SSSR count). The van der Waals surface area contributed by atoms with Crippen molar-refractivity contribution >= 4 is 0 Å². The first-order chi connectivity index (χ1) is 8.09. The predicted molar refractivity (Wildman–Crippen MR) is 81.8 cm³/mol. The van der Waals surface area contributed by atoms with Crippen molar-refractivity contribution in [3.05, 3.63) is 0 Å². The second-order valence-electron chi connectivity index (χ2n) is 8.36. The van der Waals surface area contributed by atoms with Gasteiger partial charge in [-0.1, -0.05) is 55.4 Å². The Morgan fingerprint density at radius 3 is 1.50 bits per heavy atom. The summed E-state index contributed by atoms with van der Waals surface area (Å²) in [6.45, 7) is 20.2. The van der Waals surface area contributed by atoms with E-state index in [0.29, 0.717) is 16.9 Å². The fraction of sp³-hybridized carbons (Fsp3) is 1.00. The van der Waals surface area contributed by atoms with Gasteiger partial charge in [-0.25, -0.2) is 0 Å². The van der Waals surface area contributed by atoms with E-state index in [1.165, 1.54) is 19.4 Å². The van der Waals surface area contributed by atoms with Crippen molar-refractivity contribution in [1.82, 2.24) is 5.32 Å². The SMILES string of the molecule is CC(C)CC(CC(C)C)NCC1C(C)(C)C1(C)C. The van der Waals surface area contributed by atoms with Crippen molar-refractivity contribution in [2.24, 2.45) is 28.6 Å². The lowest BCUT2D eigenvalue weighted by atomic mass is 9.95. The third-order valence-electron chi connectivity index (χ3n) is 5.44. The second-order valence-corrected chi connectivity index (χ2v) is 8.36. The number of rotatable bonds is 7. The molecule has 0 aromatic heterocycles. The Morgan fingerprint density at radius 1 is 0.833 bits per heavy atom. The van der Waals surface area contributed by atoms with E-state index in [0.717, 1.165) is 17.8 Å². The Kier molecular flexibility index (Phi) is 4.92. The monoisotopic (exact) mass is 253 g/mol. The molecule has 1 aliphatic rings. The van der Waals surface area contributed by atoms with Crippen LogP contribution in [0.25, 0.3) is 0 Å². The zero-order chi connectivity index (χ0) is 14.1. The molecule has 0 atom stereocenters. The molecule has 1 heteroatoms. The van der Waals surface area contributed by atoms with Gasteiger partial charge in [0.05, 0.1) is 0 Å². The Bertz CT molecular complexity index is 239. The van der Waals surface area contributed by atoms with E-state index in [1.807, 2.05) is 0 Å². The van der Waals surface area contributed by atoms with E-state index in [9.17, 15) is 0 Å². The summed E-state index contributed by atoms with van der Waals surface area (Å²) in [7, 11) is 0. The van der Waals surface area contributed by atoms with Gasteiger partial charge in [0.15, 0.2) is 0 Å². The van der Waals surface area contributed by atoms with Crippen molar-refractivity contribution < 1.29 is 0 Å². The molecule has 0 heterocycles. The van der Waals surface area contributed by atoms with Crippen LogP contribution < -0.4 is 5.32 Å². The Morgan fingerprint density at radius 2 is 1.22 bits per heavy atom. The molecule has 0 spiro atoms. The van der Waals surface area contributed by atoms with Crippen molar-refractivity contribution in [3.8, 4) is 0 Å². The standard InChI is InChI=1S/C17H35N/c1-12(2)9-14(10-13(3)4)18-11-15-16(5,6)17(15,7)8/h12-15,18H,9-11H2,1-8H3. The quantitative estimate of drug-likeness (QED) is 0.692. The summed E-state index contributed by atoms with van der Waals surface area (Å²) < 4.78 is 0. The van der Waals surface area contributed by atoms with Gasteiger partial charge in [-0.05, 0) is 48.0 Å². The van der Waals surface area contributed by atoms with Gasteiger partial charge >= 0.3 is 0 Å². The predicted octanol–water partition coefficient (Wildman–Crippen LogP) is 4.72. The van der Waals surface area contributed by atoms with Gasteiger partial charge in [0, 0.05) is 6.04 Å². The minimum atomic E-state index is 0.514. The topological polar surface area (TPSA) is 12.0 Å². The largest absolute Gasteiger partial charge is 0.314 e. The zero-order valence-corrected chi connectivity index (χ0v) is 13.9. The van der Waals surface area contributed by atoms with Crippen LogP contribution in [0.5, 0.6) is 0 Å². The molecule has 108 valence electrons. The molecule has 1 nitrogen and oxygen atoms in total. The summed E-state index contributed by atoms with van der Waals surface area (Å²) in [6, 6.07) is 0.706. The molecule has 0 saturated heterocycles. The molecule has 1 fully saturated rings. The van der Waals surface area contributed by atoms with E-state index in [2.05, 4.69) is 60.7 Å². The van der Waals surface area contributed by atoms with Crippen LogP contribution in [0, 0.1) is 28.6 Å². The molecule has 0 radical (unpaired) electrons. The highest BCUT2D eigenvalue weighted by Crippen LogP contribution is 2.67. The first-order valence-electron chi connectivity index (χ1n) is 7.82. The highest BCUT2D eigenvalue weighted by molar-refractivity contribution is 5.12. The lowest BCUT2D eigenvalue weighted by Crippen LogP contribution is -2.34. The first-order valence-corrected chi connectivity index (χ1v) is 7.82. The molecule has 0 aliphatic heterocycles. The first kappa shape index (κ1) is 16.0. The molecule has 18 heavy (non-hydrogen) atoms. The molecule has 1 saturated carbocycles. The molecule has 0 amide bonds.